The summed E-state index contributed by atoms with van der Waals surface area (Å²) in [6, 6.07) is 8.37. The summed E-state index contributed by atoms with van der Waals surface area (Å²) in [5.41, 5.74) is 1.03. The summed E-state index contributed by atoms with van der Waals surface area (Å²) >= 11 is 6.05. The Labute approximate surface area is 241 Å². The minimum Gasteiger partial charge on any atom is -0.350 e. The topological polar surface area (TPSA) is 107 Å². The molecule has 0 radical (unpaired) electrons. The highest BCUT2D eigenvalue weighted by atomic mass is 35.5. The molecule has 3 aromatic rings. The molecule has 1 saturated heterocycles. The van der Waals surface area contributed by atoms with Crippen molar-refractivity contribution in [2.75, 3.05) is 19.8 Å². The van der Waals surface area contributed by atoms with Gasteiger partial charge in [-0.1, -0.05) is 29.8 Å². The van der Waals surface area contributed by atoms with E-state index in [-0.39, 0.29) is 60.9 Å². The summed E-state index contributed by atoms with van der Waals surface area (Å²) < 4.78 is 54.8. The van der Waals surface area contributed by atoms with E-state index >= 15 is 0 Å². The monoisotopic (exact) mass is 609 g/mol. The molecular weight excluding hydrogens is 579 g/mol. The summed E-state index contributed by atoms with van der Waals surface area (Å²) in [6.45, 7) is 3.98. The summed E-state index contributed by atoms with van der Waals surface area (Å²) in [6.07, 6.45) is -0.0803. The fourth-order valence-electron chi connectivity index (χ4n) is 4.95. The van der Waals surface area contributed by atoms with E-state index in [1.807, 2.05) is 0 Å². The first-order valence-corrected chi connectivity index (χ1v) is 15.1. The average Bonchev–Trinajstić information content (AvgIpc) is 3.50. The van der Waals surface area contributed by atoms with Gasteiger partial charge in [0, 0.05) is 41.2 Å². The van der Waals surface area contributed by atoms with Gasteiger partial charge < -0.3 is 23.8 Å². The van der Waals surface area contributed by atoms with Crippen LogP contribution in [0.3, 0.4) is 0 Å². The molecule has 1 aromatic heterocycles. The number of hydrogen-bond donors (Lipinski definition) is 1. The molecule has 1 fully saturated rings. The maximum Gasteiger partial charge on any atom is 0.361 e. The van der Waals surface area contributed by atoms with Crippen LogP contribution in [0.5, 0.6) is 0 Å². The Morgan fingerprint density at radius 3 is 2.49 bits per heavy atom. The second-order valence-electron chi connectivity index (χ2n) is 9.59. The minimum absolute atomic E-state index is 0.0298. The summed E-state index contributed by atoms with van der Waals surface area (Å²) in [7, 11) is -3.79. The Balaban J connectivity index is 1.52. The van der Waals surface area contributed by atoms with Crippen LogP contribution in [-0.4, -0.2) is 59.0 Å². The minimum atomic E-state index is -3.79. The third-order valence-electron chi connectivity index (χ3n) is 6.80. The van der Waals surface area contributed by atoms with E-state index < -0.39 is 37.4 Å². The number of rotatable bonds is 11. The molecule has 2 aromatic carbocycles. The molecule has 1 aliphatic rings. The molecule has 2 unspecified atom stereocenters. The second-order valence-corrected chi connectivity index (χ2v) is 12.0. The van der Waals surface area contributed by atoms with Crippen LogP contribution in [0.15, 0.2) is 42.6 Å². The van der Waals surface area contributed by atoms with E-state index in [1.54, 1.807) is 48.9 Å². The highest BCUT2D eigenvalue weighted by molar-refractivity contribution is 7.62. The zero-order valence-corrected chi connectivity index (χ0v) is 24.5. The number of fused-ring (bicyclic) bond motifs is 1. The lowest BCUT2D eigenvalue weighted by atomic mass is 10.1. The van der Waals surface area contributed by atoms with Gasteiger partial charge in [0.25, 0.3) is 0 Å². The molecule has 0 aliphatic carbocycles. The van der Waals surface area contributed by atoms with E-state index in [0.29, 0.717) is 16.5 Å². The number of alkyl halides is 1. The van der Waals surface area contributed by atoms with Gasteiger partial charge in [-0.2, -0.15) is 0 Å². The fourth-order valence-corrected chi connectivity index (χ4v) is 6.92. The Kier molecular flexibility index (Phi) is 9.64. The van der Waals surface area contributed by atoms with E-state index in [2.05, 4.69) is 5.32 Å². The first-order chi connectivity index (χ1) is 19.5. The molecule has 1 N–H and O–H groups in total. The van der Waals surface area contributed by atoms with Crippen LogP contribution in [0.4, 0.5) is 8.78 Å². The van der Waals surface area contributed by atoms with Gasteiger partial charge in [0.15, 0.2) is 5.78 Å². The van der Waals surface area contributed by atoms with Crippen LogP contribution in [0.25, 0.3) is 10.9 Å². The number of para-hydroxylation sites is 1. The summed E-state index contributed by atoms with van der Waals surface area (Å²) in [5.74, 6) is -2.19. The molecule has 2 heterocycles. The molecule has 13 heteroatoms. The van der Waals surface area contributed by atoms with Crippen molar-refractivity contribution in [3.63, 3.8) is 0 Å². The number of carbonyl (C=O) groups is 3. The molecule has 0 spiro atoms. The number of hydrogen-bond acceptors (Lipinski definition) is 6. The Morgan fingerprint density at radius 1 is 1.15 bits per heavy atom. The third-order valence-corrected chi connectivity index (χ3v) is 9.16. The predicted octanol–water partition coefficient (Wildman–Crippen LogP) is 4.78. The normalized spacial score (nSPS) is 17.3. The Hall–Kier alpha value is -3.11. The van der Waals surface area contributed by atoms with Gasteiger partial charge in [0.05, 0.1) is 30.1 Å². The zero-order chi connectivity index (χ0) is 29.9. The maximum atomic E-state index is 14.9. The van der Waals surface area contributed by atoms with Gasteiger partial charge in [0.1, 0.15) is 24.6 Å². The van der Waals surface area contributed by atoms with Crippen LogP contribution < -0.4 is 10.6 Å². The van der Waals surface area contributed by atoms with Crippen molar-refractivity contribution in [3.05, 3.63) is 64.6 Å². The number of aromatic nitrogens is 1. The molecule has 4 rings (SSSR count). The number of likely N-dealkylation sites (tertiary alicyclic amines) is 1. The van der Waals surface area contributed by atoms with Crippen molar-refractivity contribution >= 4 is 53.0 Å². The smallest absolute Gasteiger partial charge is 0.350 e. The lowest BCUT2D eigenvalue weighted by Crippen LogP contribution is -2.46. The van der Waals surface area contributed by atoms with Gasteiger partial charge in [-0.15, -0.1) is 0 Å². The van der Waals surface area contributed by atoms with Gasteiger partial charge in [0.2, 0.25) is 11.8 Å². The number of carbonyl (C=O) groups excluding carboxylic acids is 3. The number of benzene rings is 2. The fraction of sp³-hybridized carbons (Fsp3) is 0.393. The summed E-state index contributed by atoms with van der Waals surface area (Å²) in [4.78, 5) is 39.7. The van der Waals surface area contributed by atoms with Crippen LogP contribution in [-0.2, 0) is 36.3 Å². The highest BCUT2D eigenvalue weighted by Crippen LogP contribution is 2.47. The van der Waals surface area contributed by atoms with Crippen LogP contribution >= 0.6 is 19.2 Å². The molecule has 1 aliphatic heterocycles. The first-order valence-electron chi connectivity index (χ1n) is 13.2. The van der Waals surface area contributed by atoms with Crippen molar-refractivity contribution in [1.29, 1.82) is 0 Å². The van der Waals surface area contributed by atoms with Crippen molar-refractivity contribution in [1.82, 2.24) is 14.8 Å². The van der Waals surface area contributed by atoms with Crippen molar-refractivity contribution in [2.45, 2.75) is 52.5 Å². The van der Waals surface area contributed by atoms with Crippen molar-refractivity contribution in [2.24, 2.45) is 0 Å². The Bertz CT molecular complexity index is 1520. The average molecular weight is 610 g/mol. The quantitative estimate of drug-likeness (QED) is 0.248. The largest absolute Gasteiger partial charge is 0.361 e. The van der Waals surface area contributed by atoms with Gasteiger partial charge in [-0.25, -0.2) is 8.78 Å². The third kappa shape index (κ3) is 6.54. The zero-order valence-electron chi connectivity index (χ0n) is 22.9. The molecule has 220 valence electrons. The standard InChI is InChI=1S/C28H31ClF2N3O6P/c1-4-39-41(38,40-5-2)20-10-18(27(31)23(29)12-20)13-32-28(37)25-11-19(30)14-34(25)26(36)16-33-15-22(17(3)35)21-8-6-7-9-24(21)33/h6-10,12,15,19,25H,4-5,11,13-14,16H2,1-3H3,(H,32,37). The van der Waals surface area contributed by atoms with Crippen molar-refractivity contribution in [3.8, 4) is 0 Å². The Morgan fingerprint density at radius 2 is 1.83 bits per heavy atom. The summed E-state index contributed by atoms with van der Waals surface area (Å²) in [5, 5.41) is 2.93. The van der Waals surface area contributed by atoms with Gasteiger partial charge >= 0.3 is 7.60 Å². The molecule has 0 saturated carbocycles. The van der Waals surface area contributed by atoms with Crippen molar-refractivity contribution < 1.29 is 36.8 Å². The maximum absolute atomic E-state index is 14.9. The number of amides is 2. The number of ketones is 1. The number of Topliss-reactive ketones (excluding diaryl/α,β-unsaturated/α-hetero) is 1. The molecule has 0 bridgehead atoms. The molecule has 41 heavy (non-hydrogen) atoms. The van der Waals surface area contributed by atoms with Crippen LogP contribution in [0.1, 0.15) is 43.1 Å². The predicted molar refractivity (Wildman–Crippen MR) is 151 cm³/mol. The molecule has 2 atom stereocenters. The number of nitrogens with one attached hydrogen (secondary N) is 1. The number of halogens is 3. The SMILES string of the molecule is CCOP(=O)(OCC)c1cc(Cl)c(F)c(CNC(=O)C2CC(F)CN2C(=O)Cn2cc(C(C)=O)c3ccccc32)c1. The lowest BCUT2D eigenvalue weighted by molar-refractivity contribution is -0.139. The molecule has 2 amide bonds. The van der Waals surface area contributed by atoms with E-state index in [0.717, 1.165) is 11.0 Å². The number of nitrogens with zero attached hydrogens (tertiary/aromatic N) is 2. The van der Waals surface area contributed by atoms with E-state index in [4.69, 9.17) is 20.6 Å². The molecular formula is C28H31ClF2N3O6P. The second kappa shape index (κ2) is 12.8. The van der Waals surface area contributed by atoms with Crippen LogP contribution in [0, 0.1) is 5.82 Å². The molecule has 9 nitrogen and oxygen atoms in total. The van der Waals surface area contributed by atoms with Gasteiger partial charge in [-0.3, -0.25) is 18.9 Å². The van der Waals surface area contributed by atoms with Crippen LogP contribution in [0.2, 0.25) is 5.02 Å². The van der Waals surface area contributed by atoms with E-state index in [1.165, 1.54) is 13.0 Å². The van der Waals surface area contributed by atoms with Gasteiger partial charge in [-0.05, 0) is 39.0 Å². The van der Waals surface area contributed by atoms with E-state index in [9.17, 15) is 27.7 Å². The highest BCUT2D eigenvalue weighted by Gasteiger charge is 2.40. The first kappa shape index (κ1) is 30.8. The lowest BCUT2D eigenvalue weighted by Gasteiger charge is -2.24.